The van der Waals surface area contributed by atoms with Gasteiger partial charge in [0.1, 0.15) is 11.2 Å². The molecule has 0 rings (SSSR count). The molecule has 0 aliphatic heterocycles. The summed E-state index contributed by atoms with van der Waals surface area (Å²) >= 11 is 0. The van der Waals surface area contributed by atoms with E-state index in [0.29, 0.717) is 12.8 Å². The monoisotopic (exact) mass is 173 g/mol. The number of carbonyl (C=O) groups excluding carboxylic acids is 2. The molecule has 4 heteroatoms. The van der Waals surface area contributed by atoms with Crippen molar-refractivity contribution in [2.24, 2.45) is 11.3 Å². The van der Waals surface area contributed by atoms with Crippen LogP contribution in [0.5, 0.6) is 0 Å². The van der Waals surface area contributed by atoms with E-state index in [1.54, 1.807) is 13.8 Å². The molecule has 0 heterocycles. The SMILES string of the molecule is CCC(CC)(C(C)=O)C(=O)ON. The molecule has 0 atom stereocenters. The molecular weight excluding hydrogens is 158 g/mol. The first-order chi connectivity index (χ1) is 5.55. The van der Waals surface area contributed by atoms with Crippen LogP contribution >= 0.6 is 0 Å². The minimum Gasteiger partial charge on any atom is -0.373 e. The van der Waals surface area contributed by atoms with Gasteiger partial charge in [0, 0.05) is 0 Å². The van der Waals surface area contributed by atoms with Crippen LogP contribution in [-0.4, -0.2) is 11.8 Å². The molecule has 0 radical (unpaired) electrons. The van der Waals surface area contributed by atoms with Crippen molar-refractivity contribution in [1.29, 1.82) is 0 Å². The van der Waals surface area contributed by atoms with Gasteiger partial charge in [0.2, 0.25) is 0 Å². The molecule has 12 heavy (non-hydrogen) atoms. The van der Waals surface area contributed by atoms with Crippen molar-refractivity contribution in [3.63, 3.8) is 0 Å². The van der Waals surface area contributed by atoms with Gasteiger partial charge in [-0.25, -0.2) is 4.79 Å². The minimum absolute atomic E-state index is 0.192. The number of Topliss-reactive ketones (excluding diaryl/α,β-unsaturated/α-hetero) is 1. The van der Waals surface area contributed by atoms with Crippen LogP contribution in [0.4, 0.5) is 0 Å². The molecule has 0 aromatic heterocycles. The van der Waals surface area contributed by atoms with E-state index in [1.807, 2.05) is 0 Å². The lowest BCUT2D eigenvalue weighted by Crippen LogP contribution is -2.39. The Hall–Kier alpha value is -0.900. The van der Waals surface area contributed by atoms with Crippen LogP contribution in [0.15, 0.2) is 0 Å². The summed E-state index contributed by atoms with van der Waals surface area (Å²) in [7, 11) is 0. The van der Waals surface area contributed by atoms with Crippen LogP contribution in [0.1, 0.15) is 33.6 Å². The van der Waals surface area contributed by atoms with Crippen molar-refractivity contribution in [3.8, 4) is 0 Å². The predicted octanol–water partition coefficient (Wildman–Crippen LogP) is 0.799. The number of hydrogen-bond donors (Lipinski definition) is 1. The van der Waals surface area contributed by atoms with Crippen molar-refractivity contribution in [2.45, 2.75) is 33.6 Å². The van der Waals surface area contributed by atoms with E-state index in [0.717, 1.165) is 0 Å². The van der Waals surface area contributed by atoms with E-state index in [2.05, 4.69) is 4.84 Å². The molecule has 0 spiro atoms. The zero-order chi connectivity index (χ0) is 9.78. The largest absolute Gasteiger partial charge is 0.373 e. The van der Waals surface area contributed by atoms with Crippen LogP contribution in [0.25, 0.3) is 0 Å². The average molecular weight is 173 g/mol. The smallest absolute Gasteiger partial charge is 0.338 e. The number of hydrogen-bond acceptors (Lipinski definition) is 4. The van der Waals surface area contributed by atoms with E-state index in [1.165, 1.54) is 6.92 Å². The maximum atomic E-state index is 11.2. The second kappa shape index (κ2) is 4.21. The van der Waals surface area contributed by atoms with Crippen LogP contribution in [-0.2, 0) is 14.4 Å². The van der Waals surface area contributed by atoms with Gasteiger partial charge in [-0.15, -0.1) is 0 Å². The Morgan fingerprint density at radius 1 is 1.33 bits per heavy atom. The highest BCUT2D eigenvalue weighted by Gasteiger charge is 2.41. The summed E-state index contributed by atoms with van der Waals surface area (Å²) in [5.74, 6) is 3.91. The summed E-state index contributed by atoms with van der Waals surface area (Å²) < 4.78 is 0. The maximum absolute atomic E-state index is 11.2. The van der Waals surface area contributed by atoms with Crippen molar-refractivity contribution in [1.82, 2.24) is 0 Å². The molecule has 0 aromatic rings. The van der Waals surface area contributed by atoms with Crippen molar-refractivity contribution >= 4 is 11.8 Å². The molecule has 0 aliphatic rings. The maximum Gasteiger partial charge on any atom is 0.338 e. The fourth-order valence-electron chi connectivity index (χ4n) is 1.29. The molecule has 2 N–H and O–H groups in total. The van der Waals surface area contributed by atoms with Crippen LogP contribution in [0.3, 0.4) is 0 Å². The van der Waals surface area contributed by atoms with Crippen LogP contribution < -0.4 is 5.90 Å². The lowest BCUT2D eigenvalue weighted by molar-refractivity contribution is -0.161. The molecule has 0 amide bonds. The summed E-state index contributed by atoms with van der Waals surface area (Å²) in [6, 6.07) is 0. The molecule has 0 saturated heterocycles. The Labute approximate surface area is 72.0 Å². The van der Waals surface area contributed by atoms with Crippen molar-refractivity contribution in [3.05, 3.63) is 0 Å². The second-order valence-electron chi connectivity index (χ2n) is 2.75. The first kappa shape index (κ1) is 11.1. The summed E-state index contributed by atoms with van der Waals surface area (Å²) in [4.78, 5) is 26.4. The van der Waals surface area contributed by atoms with E-state index in [-0.39, 0.29) is 5.78 Å². The summed E-state index contributed by atoms with van der Waals surface area (Å²) in [6.45, 7) is 4.91. The number of rotatable bonds is 4. The van der Waals surface area contributed by atoms with Crippen LogP contribution in [0.2, 0.25) is 0 Å². The third-order valence-electron chi connectivity index (χ3n) is 2.38. The number of ketones is 1. The number of carbonyl (C=O) groups is 2. The quantitative estimate of drug-likeness (QED) is 0.504. The Morgan fingerprint density at radius 3 is 1.83 bits per heavy atom. The first-order valence-electron chi connectivity index (χ1n) is 3.97. The van der Waals surface area contributed by atoms with E-state index >= 15 is 0 Å². The lowest BCUT2D eigenvalue weighted by Gasteiger charge is -2.24. The lowest BCUT2D eigenvalue weighted by atomic mass is 9.79. The van der Waals surface area contributed by atoms with E-state index in [4.69, 9.17) is 5.90 Å². The van der Waals surface area contributed by atoms with E-state index in [9.17, 15) is 9.59 Å². The molecule has 0 aliphatic carbocycles. The van der Waals surface area contributed by atoms with Gasteiger partial charge in [-0.3, -0.25) is 4.79 Å². The highest BCUT2D eigenvalue weighted by molar-refractivity contribution is 6.02. The highest BCUT2D eigenvalue weighted by atomic mass is 16.7. The fraction of sp³-hybridized carbons (Fsp3) is 0.750. The van der Waals surface area contributed by atoms with Gasteiger partial charge in [-0.1, -0.05) is 13.8 Å². The average Bonchev–Trinajstić information content (AvgIpc) is 2.06. The molecular formula is C8H15NO3. The zero-order valence-electron chi connectivity index (χ0n) is 7.72. The fourth-order valence-corrected chi connectivity index (χ4v) is 1.29. The van der Waals surface area contributed by atoms with Crippen LogP contribution in [0, 0.1) is 5.41 Å². The third kappa shape index (κ3) is 1.64. The van der Waals surface area contributed by atoms with Gasteiger partial charge in [0.05, 0.1) is 0 Å². The molecule has 70 valence electrons. The Bertz CT molecular complexity index is 185. The molecule has 0 fully saturated rings. The molecule has 0 unspecified atom stereocenters. The molecule has 0 bridgehead atoms. The summed E-state index contributed by atoms with van der Waals surface area (Å²) in [5.41, 5.74) is -1.03. The van der Waals surface area contributed by atoms with Crippen molar-refractivity contribution < 1.29 is 14.4 Å². The Balaban J connectivity index is 4.82. The zero-order valence-corrected chi connectivity index (χ0v) is 7.72. The van der Waals surface area contributed by atoms with Gasteiger partial charge in [-0.2, -0.15) is 5.90 Å². The van der Waals surface area contributed by atoms with E-state index < -0.39 is 11.4 Å². The van der Waals surface area contributed by atoms with Gasteiger partial charge < -0.3 is 4.84 Å². The standard InChI is InChI=1S/C8H15NO3/c1-4-8(5-2,6(3)10)7(11)12-9/h4-5,9H2,1-3H3. The first-order valence-corrected chi connectivity index (χ1v) is 3.97. The Morgan fingerprint density at radius 2 is 1.75 bits per heavy atom. The molecule has 0 saturated carbocycles. The van der Waals surface area contributed by atoms with Gasteiger partial charge in [-0.05, 0) is 19.8 Å². The predicted molar refractivity (Wildman–Crippen MR) is 44.0 cm³/mol. The van der Waals surface area contributed by atoms with Gasteiger partial charge in [0.15, 0.2) is 0 Å². The third-order valence-corrected chi connectivity index (χ3v) is 2.38. The normalized spacial score (nSPS) is 11.0. The molecule has 0 aromatic carbocycles. The topological polar surface area (TPSA) is 69.4 Å². The van der Waals surface area contributed by atoms with Gasteiger partial charge >= 0.3 is 5.97 Å². The molecule has 4 nitrogen and oxygen atoms in total. The van der Waals surface area contributed by atoms with Crippen molar-refractivity contribution in [2.75, 3.05) is 0 Å². The summed E-state index contributed by atoms with van der Waals surface area (Å²) in [6.07, 6.45) is 0.851. The minimum atomic E-state index is -1.03. The van der Waals surface area contributed by atoms with Gasteiger partial charge in [0.25, 0.3) is 0 Å². The number of nitrogens with two attached hydrogens (primary N) is 1. The second-order valence-corrected chi connectivity index (χ2v) is 2.75. The summed E-state index contributed by atoms with van der Waals surface area (Å²) in [5, 5.41) is 0. The Kier molecular flexibility index (Phi) is 3.89. The highest BCUT2D eigenvalue weighted by Crippen LogP contribution is 2.28.